The van der Waals surface area contributed by atoms with Crippen LogP contribution >= 0.6 is 0 Å². The first-order valence-corrected chi connectivity index (χ1v) is 10.8. The standard InChI is InChI=1S/C22H27N3O3.C2H4O2/c1-24(2)21(26)11-20-13-25-12-18(10-19(25)14-28-20)23-22(27)17-8-7-15-5-3-4-6-16(15)9-17;1-2(3)4/h3-9,18-20H,10-14H2,1-2H3,(H,23,27);1H3,(H,3,4)/t18-,19-,20-;/m0./s1. The fourth-order valence-corrected chi connectivity index (χ4v) is 4.15. The van der Waals surface area contributed by atoms with Gasteiger partial charge in [-0.1, -0.05) is 30.3 Å². The van der Waals surface area contributed by atoms with Gasteiger partial charge < -0.3 is 20.1 Å². The Labute approximate surface area is 188 Å². The largest absolute Gasteiger partial charge is 0.481 e. The number of nitrogens with one attached hydrogen (secondary N) is 1. The molecule has 172 valence electrons. The van der Waals surface area contributed by atoms with E-state index in [2.05, 4.69) is 10.2 Å². The molecule has 2 heterocycles. The third-order valence-corrected chi connectivity index (χ3v) is 5.74. The van der Waals surface area contributed by atoms with Crippen LogP contribution < -0.4 is 5.32 Å². The predicted octanol–water partition coefficient (Wildman–Crippen LogP) is 1.98. The van der Waals surface area contributed by atoms with Crippen LogP contribution in [0.15, 0.2) is 42.5 Å². The zero-order chi connectivity index (χ0) is 23.3. The van der Waals surface area contributed by atoms with Crippen molar-refractivity contribution in [3.63, 3.8) is 0 Å². The number of carbonyl (C=O) groups excluding carboxylic acids is 2. The highest BCUT2D eigenvalue weighted by molar-refractivity contribution is 5.98. The number of benzene rings is 2. The average molecular weight is 442 g/mol. The maximum atomic E-state index is 12.7. The molecule has 0 aromatic heterocycles. The summed E-state index contributed by atoms with van der Waals surface area (Å²) in [6, 6.07) is 14.3. The van der Waals surface area contributed by atoms with E-state index in [0.29, 0.717) is 24.6 Å². The highest BCUT2D eigenvalue weighted by Gasteiger charge is 2.38. The Morgan fingerprint density at radius 3 is 2.50 bits per heavy atom. The Kier molecular flexibility index (Phi) is 7.82. The van der Waals surface area contributed by atoms with Gasteiger partial charge in [-0.05, 0) is 29.3 Å². The van der Waals surface area contributed by atoms with Crippen LogP contribution in [0, 0.1) is 0 Å². The molecule has 2 fully saturated rings. The molecular weight excluding hydrogens is 410 g/mol. The van der Waals surface area contributed by atoms with E-state index in [9.17, 15) is 9.59 Å². The van der Waals surface area contributed by atoms with E-state index in [1.165, 1.54) is 0 Å². The number of morpholine rings is 1. The Balaban J connectivity index is 0.000000668. The molecule has 4 rings (SSSR count). The lowest BCUT2D eigenvalue weighted by Gasteiger charge is -2.35. The molecule has 2 aromatic carbocycles. The van der Waals surface area contributed by atoms with E-state index < -0.39 is 5.97 Å². The molecule has 0 saturated carbocycles. The number of carboxylic acid groups (broad SMARTS) is 1. The SMILES string of the molecule is CC(=O)O.CN(C)C(=O)C[C@H]1CN2C[C@@H](NC(=O)c3ccc4ccccc4c3)C[C@H]2CO1. The second-order valence-corrected chi connectivity index (χ2v) is 8.54. The van der Waals surface area contributed by atoms with E-state index in [1.54, 1.807) is 19.0 Å². The minimum atomic E-state index is -0.833. The smallest absolute Gasteiger partial charge is 0.300 e. The predicted molar refractivity (Wildman–Crippen MR) is 122 cm³/mol. The normalized spacial score (nSPS) is 22.4. The Hall–Kier alpha value is -2.97. The third kappa shape index (κ3) is 6.27. The summed E-state index contributed by atoms with van der Waals surface area (Å²) in [5, 5.41) is 12.8. The van der Waals surface area contributed by atoms with Gasteiger partial charge in [-0.25, -0.2) is 0 Å². The van der Waals surface area contributed by atoms with Crippen LogP contribution in [0.1, 0.15) is 30.1 Å². The van der Waals surface area contributed by atoms with Crippen LogP contribution in [0.4, 0.5) is 0 Å². The quantitative estimate of drug-likeness (QED) is 0.753. The number of carboxylic acids is 1. The van der Waals surface area contributed by atoms with Crippen molar-refractivity contribution in [1.82, 2.24) is 15.1 Å². The van der Waals surface area contributed by atoms with Gasteiger partial charge in [-0.3, -0.25) is 19.3 Å². The molecule has 2 N–H and O–H groups in total. The number of amides is 2. The van der Waals surface area contributed by atoms with Gasteiger partial charge in [-0.2, -0.15) is 0 Å². The third-order valence-electron chi connectivity index (χ3n) is 5.74. The summed E-state index contributed by atoms with van der Waals surface area (Å²) >= 11 is 0. The first-order valence-electron chi connectivity index (χ1n) is 10.8. The summed E-state index contributed by atoms with van der Waals surface area (Å²) in [6.45, 7) is 3.25. The van der Waals surface area contributed by atoms with Crippen LogP contribution in [0.25, 0.3) is 10.8 Å². The summed E-state index contributed by atoms with van der Waals surface area (Å²) in [5.74, 6) is -0.778. The molecule has 2 aromatic rings. The Morgan fingerprint density at radius 2 is 1.81 bits per heavy atom. The van der Waals surface area contributed by atoms with Gasteiger partial charge in [-0.15, -0.1) is 0 Å². The molecular formula is C24H31N3O5. The molecule has 2 aliphatic heterocycles. The number of nitrogens with zero attached hydrogens (tertiary/aromatic N) is 2. The van der Waals surface area contributed by atoms with Crippen LogP contribution in [0.2, 0.25) is 0 Å². The first kappa shape index (κ1) is 23.7. The topological polar surface area (TPSA) is 99.2 Å². The summed E-state index contributed by atoms with van der Waals surface area (Å²) in [6.07, 6.45) is 1.22. The highest BCUT2D eigenvalue weighted by atomic mass is 16.5. The average Bonchev–Trinajstić information content (AvgIpc) is 3.14. The van der Waals surface area contributed by atoms with Crippen molar-refractivity contribution in [3.05, 3.63) is 48.0 Å². The molecule has 8 heteroatoms. The van der Waals surface area contributed by atoms with Crippen LogP contribution in [0.3, 0.4) is 0 Å². The van der Waals surface area contributed by atoms with Crippen LogP contribution in [-0.2, 0) is 14.3 Å². The van der Waals surface area contributed by atoms with E-state index in [1.807, 2.05) is 42.5 Å². The molecule has 8 nitrogen and oxygen atoms in total. The molecule has 0 spiro atoms. The van der Waals surface area contributed by atoms with E-state index in [0.717, 1.165) is 37.2 Å². The van der Waals surface area contributed by atoms with Gasteiger partial charge in [0.2, 0.25) is 5.91 Å². The number of aliphatic carboxylic acids is 1. The zero-order valence-corrected chi connectivity index (χ0v) is 18.8. The van der Waals surface area contributed by atoms with Crippen molar-refractivity contribution in [3.8, 4) is 0 Å². The molecule has 0 aliphatic carbocycles. The van der Waals surface area contributed by atoms with Gasteiger partial charge in [0, 0.05) is 51.8 Å². The number of rotatable bonds is 4. The summed E-state index contributed by atoms with van der Waals surface area (Å²) in [7, 11) is 3.53. The van der Waals surface area contributed by atoms with Crippen LogP contribution in [-0.4, -0.2) is 84.7 Å². The molecule has 2 amide bonds. The van der Waals surface area contributed by atoms with E-state index in [4.69, 9.17) is 14.6 Å². The number of hydrogen-bond donors (Lipinski definition) is 2. The number of carbonyl (C=O) groups is 3. The lowest BCUT2D eigenvalue weighted by atomic mass is 10.1. The molecule has 2 saturated heterocycles. The second-order valence-electron chi connectivity index (χ2n) is 8.54. The van der Waals surface area contributed by atoms with Gasteiger partial charge in [0.1, 0.15) is 0 Å². The van der Waals surface area contributed by atoms with Crippen molar-refractivity contribution in [2.75, 3.05) is 33.8 Å². The van der Waals surface area contributed by atoms with Crippen molar-refractivity contribution in [2.24, 2.45) is 0 Å². The maximum Gasteiger partial charge on any atom is 0.300 e. The van der Waals surface area contributed by atoms with Gasteiger partial charge in [0.25, 0.3) is 11.9 Å². The fourth-order valence-electron chi connectivity index (χ4n) is 4.15. The molecule has 0 bridgehead atoms. The van der Waals surface area contributed by atoms with Crippen molar-refractivity contribution in [1.29, 1.82) is 0 Å². The lowest BCUT2D eigenvalue weighted by molar-refractivity contribution is -0.135. The molecule has 32 heavy (non-hydrogen) atoms. The summed E-state index contributed by atoms with van der Waals surface area (Å²) < 4.78 is 5.90. The van der Waals surface area contributed by atoms with E-state index >= 15 is 0 Å². The summed E-state index contributed by atoms with van der Waals surface area (Å²) in [4.78, 5) is 37.6. The molecule has 3 atom stereocenters. The number of hydrogen-bond acceptors (Lipinski definition) is 5. The first-order chi connectivity index (χ1) is 15.2. The number of fused-ring (bicyclic) bond motifs is 2. The monoisotopic (exact) mass is 441 g/mol. The zero-order valence-electron chi connectivity index (χ0n) is 18.8. The van der Waals surface area contributed by atoms with Crippen LogP contribution in [0.5, 0.6) is 0 Å². The Bertz CT molecular complexity index is 973. The fraction of sp³-hybridized carbons (Fsp3) is 0.458. The maximum absolute atomic E-state index is 12.7. The van der Waals surface area contributed by atoms with Gasteiger partial charge >= 0.3 is 0 Å². The highest BCUT2D eigenvalue weighted by Crippen LogP contribution is 2.25. The molecule has 0 unspecified atom stereocenters. The molecule has 2 aliphatic rings. The lowest BCUT2D eigenvalue weighted by Crippen LogP contribution is -2.47. The Morgan fingerprint density at radius 1 is 1.12 bits per heavy atom. The van der Waals surface area contributed by atoms with Gasteiger partial charge in [0.15, 0.2) is 0 Å². The second kappa shape index (κ2) is 10.6. The van der Waals surface area contributed by atoms with Crippen molar-refractivity contribution in [2.45, 2.75) is 38.0 Å². The number of ether oxygens (including phenoxy) is 1. The van der Waals surface area contributed by atoms with E-state index in [-0.39, 0.29) is 24.0 Å². The molecule has 0 radical (unpaired) electrons. The van der Waals surface area contributed by atoms with Crippen molar-refractivity contribution >= 4 is 28.6 Å². The van der Waals surface area contributed by atoms with Gasteiger partial charge in [0.05, 0.1) is 19.1 Å². The minimum Gasteiger partial charge on any atom is -0.481 e. The summed E-state index contributed by atoms with van der Waals surface area (Å²) in [5.41, 5.74) is 0.689. The van der Waals surface area contributed by atoms with Crippen molar-refractivity contribution < 1.29 is 24.2 Å². The minimum absolute atomic E-state index is 0.0316.